The lowest BCUT2D eigenvalue weighted by atomic mass is 9.98. The number of nitrogens with one attached hydrogen (secondary N) is 1. The molecule has 1 aliphatic rings. The van der Waals surface area contributed by atoms with Gasteiger partial charge in [-0.2, -0.15) is 0 Å². The summed E-state index contributed by atoms with van der Waals surface area (Å²) >= 11 is 0. The topological polar surface area (TPSA) is 64.4 Å². The van der Waals surface area contributed by atoms with Gasteiger partial charge in [0.1, 0.15) is 11.4 Å². The molecule has 3 aromatic rings. The number of para-hydroxylation sites is 1. The molecule has 1 fully saturated rings. The number of hydrogen-bond donors (Lipinski definition) is 1. The maximum atomic E-state index is 12.3. The van der Waals surface area contributed by atoms with Gasteiger partial charge in [-0.15, -0.1) is 0 Å². The van der Waals surface area contributed by atoms with Crippen LogP contribution in [0.15, 0.2) is 53.1 Å². The van der Waals surface area contributed by atoms with Crippen LogP contribution >= 0.6 is 0 Å². The smallest absolute Gasteiger partial charge is 0.226 e. The quantitative estimate of drug-likeness (QED) is 0.704. The number of aromatic nitrogens is 1. The molecule has 1 N–H and O–H groups in total. The van der Waals surface area contributed by atoms with Crippen LogP contribution in [0, 0.1) is 0 Å². The van der Waals surface area contributed by atoms with Crippen LogP contribution in [-0.4, -0.2) is 17.2 Å². The number of amides is 1. The van der Waals surface area contributed by atoms with Crippen molar-refractivity contribution >= 4 is 16.9 Å². The molecular weight excluding hydrogens is 340 g/mol. The first kappa shape index (κ1) is 17.6. The number of carbonyl (C=O) groups is 1. The second-order valence-corrected chi connectivity index (χ2v) is 7.10. The van der Waals surface area contributed by atoms with E-state index < -0.39 is 0 Å². The Bertz CT molecular complexity index is 913. The molecule has 2 aromatic carbocycles. The number of hydrogen-bond acceptors (Lipinski definition) is 4. The largest absolute Gasteiger partial charge is 0.490 e. The first-order valence-electron chi connectivity index (χ1n) is 9.63. The molecule has 0 spiro atoms. The van der Waals surface area contributed by atoms with Crippen molar-refractivity contribution in [3.63, 3.8) is 0 Å². The van der Waals surface area contributed by atoms with Crippen molar-refractivity contribution in [3.8, 4) is 5.75 Å². The lowest BCUT2D eigenvalue weighted by molar-refractivity contribution is -0.120. The van der Waals surface area contributed by atoms with Crippen molar-refractivity contribution in [3.05, 3.63) is 59.8 Å². The van der Waals surface area contributed by atoms with E-state index in [1.165, 1.54) is 19.3 Å². The monoisotopic (exact) mass is 364 g/mol. The molecule has 5 nitrogen and oxygen atoms in total. The van der Waals surface area contributed by atoms with E-state index in [4.69, 9.17) is 9.26 Å². The minimum Gasteiger partial charge on any atom is -0.490 e. The number of ether oxygens (including phenoxy) is 1. The van der Waals surface area contributed by atoms with Crippen LogP contribution in [0.5, 0.6) is 5.75 Å². The highest BCUT2D eigenvalue weighted by atomic mass is 16.5. The summed E-state index contributed by atoms with van der Waals surface area (Å²) in [4.78, 5) is 12.3. The summed E-state index contributed by atoms with van der Waals surface area (Å²) in [5, 5.41) is 7.85. The zero-order valence-electron chi connectivity index (χ0n) is 15.3. The van der Waals surface area contributed by atoms with Gasteiger partial charge in [-0.3, -0.25) is 4.79 Å². The molecule has 140 valence electrons. The molecule has 0 unspecified atom stereocenters. The predicted octanol–water partition coefficient (Wildman–Crippen LogP) is 4.40. The number of carbonyl (C=O) groups excluding carboxylic acids is 1. The van der Waals surface area contributed by atoms with Gasteiger partial charge in [0, 0.05) is 11.9 Å². The molecule has 1 aliphatic carbocycles. The summed E-state index contributed by atoms with van der Waals surface area (Å²) in [6, 6.07) is 15.5. The van der Waals surface area contributed by atoms with Gasteiger partial charge in [-0.25, -0.2) is 0 Å². The fourth-order valence-corrected chi connectivity index (χ4v) is 3.59. The Hall–Kier alpha value is -2.82. The summed E-state index contributed by atoms with van der Waals surface area (Å²) < 4.78 is 11.4. The van der Waals surface area contributed by atoms with Crippen LogP contribution in [-0.2, 0) is 17.8 Å². The Kier molecular flexibility index (Phi) is 5.37. The van der Waals surface area contributed by atoms with E-state index in [9.17, 15) is 4.79 Å². The Morgan fingerprint density at radius 1 is 1.11 bits per heavy atom. The Balaban J connectivity index is 1.32. The molecule has 1 heterocycles. The normalized spacial score (nSPS) is 15.0. The first-order valence-corrected chi connectivity index (χ1v) is 9.63. The highest BCUT2D eigenvalue weighted by Gasteiger charge is 2.15. The molecule has 0 saturated heterocycles. The summed E-state index contributed by atoms with van der Waals surface area (Å²) in [5.41, 5.74) is 2.40. The van der Waals surface area contributed by atoms with Crippen LogP contribution in [0.25, 0.3) is 11.0 Å². The molecule has 1 saturated carbocycles. The highest BCUT2D eigenvalue weighted by Crippen LogP contribution is 2.24. The fraction of sp³-hybridized carbons (Fsp3) is 0.364. The van der Waals surface area contributed by atoms with E-state index in [0.29, 0.717) is 23.9 Å². The maximum Gasteiger partial charge on any atom is 0.226 e. The molecule has 0 bridgehead atoms. The average molecular weight is 364 g/mol. The van der Waals surface area contributed by atoms with Gasteiger partial charge in [0.05, 0.1) is 12.5 Å². The first-order chi connectivity index (χ1) is 13.3. The average Bonchev–Trinajstić information content (AvgIpc) is 3.10. The van der Waals surface area contributed by atoms with E-state index in [-0.39, 0.29) is 12.3 Å². The highest BCUT2D eigenvalue weighted by molar-refractivity contribution is 5.86. The third-order valence-electron chi connectivity index (χ3n) is 5.02. The number of nitrogens with zero attached hydrogens (tertiary/aromatic N) is 1. The van der Waals surface area contributed by atoms with Crippen molar-refractivity contribution in [2.45, 2.75) is 51.2 Å². The van der Waals surface area contributed by atoms with E-state index in [2.05, 4.69) is 10.5 Å². The van der Waals surface area contributed by atoms with Gasteiger partial charge in [0.2, 0.25) is 5.91 Å². The lowest BCUT2D eigenvalue weighted by Gasteiger charge is -2.23. The van der Waals surface area contributed by atoms with Crippen molar-refractivity contribution in [2.24, 2.45) is 0 Å². The Morgan fingerprint density at radius 3 is 2.85 bits per heavy atom. The molecule has 27 heavy (non-hydrogen) atoms. The summed E-state index contributed by atoms with van der Waals surface area (Å²) in [6.07, 6.45) is 6.60. The zero-order chi connectivity index (χ0) is 18.5. The molecule has 1 amide bonds. The van der Waals surface area contributed by atoms with Gasteiger partial charge in [-0.1, -0.05) is 35.8 Å². The van der Waals surface area contributed by atoms with Crippen molar-refractivity contribution in [2.75, 3.05) is 0 Å². The van der Waals surface area contributed by atoms with Gasteiger partial charge >= 0.3 is 0 Å². The van der Waals surface area contributed by atoms with E-state index >= 15 is 0 Å². The number of benzene rings is 2. The molecule has 0 atom stereocenters. The van der Waals surface area contributed by atoms with Gasteiger partial charge in [0.15, 0.2) is 5.58 Å². The van der Waals surface area contributed by atoms with Gasteiger partial charge < -0.3 is 14.6 Å². The van der Waals surface area contributed by atoms with Crippen LogP contribution < -0.4 is 10.1 Å². The second kappa shape index (κ2) is 8.25. The van der Waals surface area contributed by atoms with Gasteiger partial charge in [-0.05, 0) is 55.5 Å². The lowest BCUT2D eigenvalue weighted by Crippen LogP contribution is -2.25. The second-order valence-electron chi connectivity index (χ2n) is 7.10. The molecular formula is C22H24N2O3. The minimum absolute atomic E-state index is 0.0762. The van der Waals surface area contributed by atoms with Crippen LogP contribution in [0.4, 0.5) is 0 Å². The van der Waals surface area contributed by atoms with E-state index in [0.717, 1.165) is 29.5 Å². The third kappa shape index (κ3) is 4.48. The number of rotatable bonds is 6. The van der Waals surface area contributed by atoms with Gasteiger partial charge in [0.25, 0.3) is 0 Å². The predicted molar refractivity (Wildman–Crippen MR) is 104 cm³/mol. The van der Waals surface area contributed by atoms with Crippen molar-refractivity contribution < 1.29 is 14.1 Å². The zero-order valence-corrected chi connectivity index (χ0v) is 15.3. The molecule has 1 aromatic heterocycles. The summed E-state index contributed by atoms with van der Waals surface area (Å²) in [5.74, 6) is 0.809. The Morgan fingerprint density at radius 2 is 1.96 bits per heavy atom. The maximum absolute atomic E-state index is 12.3. The molecule has 0 aliphatic heterocycles. The van der Waals surface area contributed by atoms with Crippen LogP contribution in [0.3, 0.4) is 0 Å². The number of fused-ring (bicyclic) bond motifs is 1. The van der Waals surface area contributed by atoms with Crippen LogP contribution in [0.2, 0.25) is 0 Å². The Labute approximate surface area is 158 Å². The van der Waals surface area contributed by atoms with Crippen molar-refractivity contribution in [1.29, 1.82) is 0 Å². The molecule has 4 rings (SSSR count). The van der Waals surface area contributed by atoms with Crippen molar-refractivity contribution in [1.82, 2.24) is 10.5 Å². The standard InChI is InChI=1S/C22H24N2O3/c25-22(14-20-19-11-4-5-12-21(19)27-24-20)23-15-16-7-6-10-18(13-16)26-17-8-2-1-3-9-17/h4-7,10-13,17H,1-3,8-9,14-15H2,(H,23,25). The third-order valence-corrected chi connectivity index (χ3v) is 5.02. The van der Waals surface area contributed by atoms with Crippen LogP contribution in [0.1, 0.15) is 43.4 Å². The fourth-order valence-electron chi connectivity index (χ4n) is 3.59. The van der Waals surface area contributed by atoms with E-state index in [1.54, 1.807) is 0 Å². The molecule has 5 heteroatoms. The molecule has 0 radical (unpaired) electrons. The van der Waals surface area contributed by atoms with E-state index in [1.807, 2.05) is 48.5 Å². The minimum atomic E-state index is -0.0762. The summed E-state index contributed by atoms with van der Waals surface area (Å²) in [6.45, 7) is 0.469. The SMILES string of the molecule is O=C(Cc1noc2ccccc12)NCc1cccc(OC2CCCCC2)c1. The summed E-state index contributed by atoms with van der Waals surface area (Å²) in [7, 11) is 0.